The van der Waals surface area contributed by atoms with E-state index in [0.717, 1.165) is 30.9 Å². The monoisotopic (exact) mass is 291 g/mol. The van der Waals surface area contributed by atoms with Crippen LogP contribution in [-0.4, -0.2) is 37.0 Å². The lowest BCUT2D eigenvalue weighted by atomic mass is 10.2. The van der Waals surface area contributed by atoms with Crippen LogP contribution in [0, 0.1) is 5.41 Å². The largest absolute Gasteiger partial charge is 0.492 e. The van der Waals surface area contributed by atoms with Gasteiger partial charge in [-0.15, -0.1) is 0 Å². The van der Waals surface area contributed by atoms with Gasteiger partial charge in [0.15, 0.2) is 0 Å². The molecule has 0 saturated carbocycles. The third-order valence-corrected chi connectivity index (χ3v) is 3.50. The van der Waals surface area contributed by atoms with Crippen LogP contribution < -0.4 is 10.5 Å². The number of nitrogens with zero attached hydrogens (tertiary/aromatic N) is 1. The topological polar surface area (TPSA) is 62.3 Å². The summed E-state index contributed by atoms with van der Waals surface area (Å²) >= 11 is 0. The molecule has 0 radical (unpaired) electrons. The third-order valence-electron chi connectivity index (χ3n) is 3.50. The molecule has 1 aromatic rings. The van der Waals surface area contributed by atoms with Crippen LogP contribution in [0.15, 0.2) is 24.3 Å². The Morgan fingerprint density at radius 2 is 1.62 bits per heavy atom. The number of amidine groups is 1. The Labute approximate surface area is 128 Å². The van der Waals surface area contributed by atoms with E-state index in [1.807, 2.05) is 24.3 Å². The summed E-state index contributed by atoms with van der Waals surface area (Å²) in [6.07, 6.45) is 4.96. The van der Waals surface area contributed by atoms with Crippen LogP contribution in [0.2, 0.25) is 0 Å². The molecule has 118 valence electrons. The second kappa shape index (κ2) is 10.2. The molecule has 1 rings (SSSR count). The lowest BCUT2D eigenvalue weighted by Gasteiger charge is -2.22. The van der Waals surface area contributed by atoms with Gasteiger partial charge >= 0.3 is 0 Å². The predicted molar refractivity (Wildman–Crippen MR) is 89.2 cm³/mol. The summed E-state index contributed by atoms with van der Waals surface area (Å²) in [4.78, 5) is 2.48. The molecule has 0 heterocycles. The minimum absolute atomic E-state index is 0.0897. The molecule has 0 aliphatic heterocycles. The van der Waals surface area contributed by atoms with Gasteiger partial charge in [-0.25, -0.2) is 0 Å². The van der Waals surface area contributed by atoms with Gasteiger partial charge in [0.2, 0.25) is 0 Å². The highest BCUT2D eigenvalue weighted by atomic mass is 16.5. The summed E-state index contributed by atoms with van der Waals surface area (Å²) in [6.45, 7) is 8.43. The Morgan fingerprint density at radius 3 is 2.10 bits per heavy atom. The van der Waals surface area contributed by atoms with E-state index < -0.39 is 0 Å². The predicted octanol–water partition coefficient (Wildman–Crippen LogP) is 3.25. The molecule has 0 spiro atoms. The molecule has 0 bridgehead atoms. The Balaban J connectivity index is 2.36. The van der Waals surface area contributed by atoms with Gasteiger partial charge in [0.1, 0.15) is 18.2 Å². The van der Waals surface area contributed by atoms with Crippen molar-refractivity contribution >= 4 is 5.84 Å². The van der Waals surface area contributed by atoms with Crippen molar-refractivity contribution in [3.05, 3.63) is 29.8 Å². The summed E-state index contributed by atoms with van der Waals surface area (Å²) in [5, 5.41) is 7.36. The molecule has 0 unspecified atom stereocenters. The smallest absolute Gasteiger partial charge is 0.122 e. The highest BCUT2D eigenvalue weighted by molar-refractivity contribution is 5.94. The zero-order chi connectivity index (χ0) is 15.5. The van der Waals surface area contributed by atoms with Crippen LogP contribution in [-0.2, 0) is 0 Å². The number of hydrogen-bond acceptors (Lipinski definition) is 3. The molecule has 0 aliphatic rings. The number of hydrogen-bond donors (Lipinski definition) is 2. The Hall–Kier alpha value is -1.55. The van der Waals surface area contributed by atoms with Crippen molar-refractivity contribution in [2.75, 3.05) is 26.2 Å². The minimum atomic E-state index is 0.0897. The van der Waals surface area contributed by atoms with Crippen molar-refractivity contribution in [2.45, 2.75) is 39.5 Å². The standard InChI is InChI=1S/C17H29N3O/c1-3-5-11-20(12-6-4-2)13-14-21-16-9-7-15(8-10-16)17(18)19/h7-10H,3-6,11-14H2,1-2H3,(H3,18,19). The van der Waals surface area contributed by atoms with Crippen molar-refractivity contribution in [1.82, 2.24) is 4.90 Å². The van der Waals surface area contributed by atoms with Crippen molar-refractivity contribution in [1.29, 1.82) is 5.41 Å². The number of unbranched alkanes of at least 4 members (excludes halogenated alkanes) is 2. The maximum absolute atomic E-state index is 7.36. The van der Waals surface area contributed by atoms with Gasteiger partial charge in [-0.3, -0.25) is 10.3 Å². The van der Waals surface area contributed by atoms with Crippen LogP contribution >= 0.6 is 0 Å². The van der Waals surface area contributed by atoms with Gasteiger partial charge in [-0.1, -0.05) is 26.7 Å². The highest BCUT2D eigenvalue weighted by Gasteiger charge is 2.04. The normalized spacial score (nSPS) is 10.8. The van der Waals surface area contributed by atoms with E-state index >= 15 is 0 Å². The van der Waals surface area contributed by atoms with Gasteiger partial charge in [-0.05, 0) is 50.2 Å². The van der Waals surface area contributed by atoms with E-state index in [0.29, 0.717) is 6.61 Å². The van der Waals surface area contributed by atoms with Crippen molar-refractivity contribution < 1.29 is 4.74 Å². The van der Waals surface area contributed by atoms with E-state index in [2.05, 4.69) is 18.7 Å². The molecule has 0 atom stereocenters. The second-order valence-corrected chi connectivity index (χ2v) is 5.34. The van der Waals surface area contributed by atoms with E-state index in [4.69, 9.17) is 15.9 Å². The van der Waals surface area contributed by atoms with E-state index in [1.165, 1.54) is 25.7 Å². The first-order valence-corrected chi connectivity index (χ1v) is 7.97. The van der Waals surface area contributed by atoms with E-state index in [-0.39, 0.29) is 5.84 Å². The molecule has 0 saturated heterocycles. The summed E-state index contributed by atoms with van der Waals surface area (Å²) < 4.78 is 5.78. The third kappa shape index (κ3) is 7.14. The summed E-state index contributed by atoms with van der Waals surface area (Å²) in [5.41, 5.74) is 6.16. The van der Waals surface area contributed by atoms with Gasteiger partial charge in [0.25, 0.3) is 0 Å². The number of rotatable bonds is 11. The van der Waals surface area contributed by atoms with Crippen LogP contribution in [0.3, 0.4) is 0 Å². The Morgan fingerprint density at radius 1 is 1.05 bits per heavy atom. The van der Waals surface area contributed by atoms with E-state index in [1.54, 1.807) is 0 Å². The fraction of sp³-hybridized carbons (Fsp3) is 0.588. The molecule has 21 heavy (non-hydrogen) atoms. The Bertz CT molecular complexity index is 395. The summed E-state index contributed by atoms with van der Waals surface area (Å²) in [7, 11) is 0. The molecular weight excluding hydrogens is 262 g/mol. The zero-order valence-corrected chi connectivity index (χ0v) is 13.4. The number of benzene rings is 1. The number of nitrogens with one attached hydrogen (secondary N) is 1. The van der Waals surface area contributed by atoms with Crippen LogP contribution in [0.4, 0.5) is 0 Å². The molecule has 3 N–H and O–H groups in total. The van der Waals surface area contributed by atoms with E-state index in [9.17, 15) is 0 Å². The fourth-order valence-electron chi connectivity index (χ4n) is 2.12. The quantitative estimate of drug-likeness (QED) is 0.486. The van der Waals surface area contributed by atoms with Gasteiger partial charge in [0, 0.05) is 12.1 Å². The maximum Gasteiger partial charge on any atom is 0.122 e. The average molecular weight is 291 g/mol. The summed E-state index contributed by atoms with van der Waals surface area (Å²) in [6, 6.07) is 7.39. The van der Waals surface area contributed by atoms with Crippen LogP contribution in [0.25, 0.3) is 0 Å². The first-order valence-electron chi connectivity index (χ1n) is 7.97. The molecule has 0 aromatic heterocycles. The van der Waals surface area contributed by atoms with Gasteiger partial charge < -0.3 is 10.5 Å². The van der Waals surface area contributed by atoms with Crippen molar-refractivity contribution in [3.63, 3.8) is 0 Å². The molecule has 0 aliphatic carbocycles. The van der Waals surface area contributed by atoms with Crippen LogP contribution in [0.1, 0.15) is 45.1 Å². The Kier molecular flexibility index (Phi) is 8.51. The second-order valence-electron chi connectivity index (χ2n) is 5.34. The minimum Gasteiger partial charge on any atom is -0.492 e. The molecule has 1 aromatic carbocycles. The molecular formula is C17H29N3O. The van der Waals surface area contributed by atoms with Crippen molar-refractivity contribution in [2.24, 2.45) is 5.73 Å². The molecule has 0 amide bonds. The highest BCUT2D eigenvalue weighted by Crippen LogP contribution is 2.12. The van der Waals surface area contributed by atoms with Gasteiger partial charge in [0.05, 0.1) is 0 Å². The number of nitrogen functional groups attached to an aromatic ring is 1. The first-order chi connectivity index (χ1) is 10.2. The molecule has 0 fully saturated rings. The van der Waals surface area contributed by atoms with Crippen LogP contribution in [0.5, 0.6) is 5.75 Å². The molecule has 4 heteroatoms. The zero-order valence-electron chi connectivity index (χ0n) is 13.4. The SMILES string of the molecule is CCCCN(CCCC)CCOc1ccc(C(=N)N)cc1. The lowest BCUT2D eigenvalue weighted by molar-refractivity contribution is 0.204. The van der Waals surface area contributed by atoms with Gasteiger partial charge in [-0.2, -0.15) is 0 Å². The lowest BCUT2D eigenvalue weighted by Crippen LogP contribution is -2.30. The number of ether oxygens (including phenoxy) is 1. The first kappa shape index (κ1) is 17.5. The number of nitrogens with two attached hydrogens (primary N) is 1. The summed E-state index contributed by atoms with van der Waals surface area (Å²) in [5.74, 6) is 0.929. The molecule has 4 nitrogen and oxygen atoms in total. The average Bonchev–Trinajstić information content (AvgIpc) is 2.50. The maximum atomic E-state index is 7.36. The van der Waals surface area contributed by atoms with Crippen molar-refractivity contribution in [3.8, 4) is 5.75 Å². The fourth-order valence-corrected chi connectivity index (χ4v) is 2.12.